The fourth-order valence-electron chi connectivity index (χ4n) is 2.99. The van der Waals surface area contributed by atoms with Crippen LogP contribution in [0.4, 0.5) is 23.4 Å². The van der Waals surface area contributed by atoms with Crippen molar-refractivity contribution in [2.24, 2.45) is 14.1 Å². The highest BCUT2D eigenvalue weighted by Crippen LogP contribution is 2.45. The van der Waals surface area contributed by atoms with Gasteiger partial charge in [0.1, 0.15) is 17.2 Å². The second-order valence-corrected chi connectivity index (χ2v) is 6.07. The van der Waals surface area contributed by atoms with E-state index in [0.29, 0.717) is 9.13 Å². The van der Waals surface area contributed by atoms with Crippen molar-refractivity contribution in [3.8, 4) is 0 Å². The number of rotatable bonds is 2. The molecule has 2 N–H and O–H groups in total. The van der Waals surface area contributed by atoms with Crippen molar-refractivity contribution in [1.29, 1.82) is 0 Å². The van der Waals surface area contributed by atoms with E-state index in [-0.39, 0.29) is 0 Å². The minimum atomic E-state index is -5.48. The van der Waals surface area contributed by atoms with Crippen LogP contribution >= 0.6 is 0 Å². The zero-order valence-electron chi connectivity index (χ0n) is 14.3. The minimum absolute atomic E-state index is 0.370. The van der Waals surface area contributed by atoms with Crippen LogP contribution in [0, 0.1) is 5.82 Å². The van der Waals surface area contributed by atoms with Crippen LogP contribution in [0.25, 0.3) is 0 Å². The van der Waals surface area contributed by atoms with Crippen molar-refractivity contribution in [1.82, 2.24) is 14.5 Å². The second kappa shape index (κ2) is 6.04. The number of hydrogen-bond acceptors (Lipinski definition) is 4. The summed E-state index contributed by atoms with van der Waals surface area (Å²) in [5, 5.41) is 3.29. The maximum atomic E-state index is 14.1. The van der Waals surface area contributed by atoms with Crippen LogP contribution in [0.1, 0.15) is 15.9 Å². The third kappa shape index (κ3) is 2.44. The number of alkyl halides is 3. The summed E-state index contributed by atoms with van der Waals surface area (Å²) >= 11 is 0. The van der Waals surface area contributed by atoms with Crippen molar-refractivity contribution in [3.05, 3.63) is 62.0 Å². The largest absolute Gasteiger partial charge is 0.425 e. The molecule has 0 spiro atoms. The first-order valence-electron chi connectivity index (χ1n) is 7.69. The number of fused-ring (bicyclic) bond motifs is 1. The van der Waals surface area contributed by atoms with Gasteiger partial charge in [0.2, 0.25) is 0 Å². The third-order valence-electron chi connectivity index (χ3n) is 4.46. The molecule has 1 atom stereocenters. The number of nitrogens with zero attached hydrogens (tertiary/aromatic N) is 2. The van der Waals surface area contributed by atoms with E-state index in [4.69, 9.17) is 0 Å². The highest BCUT2D eigenvalue weighted by molar-refractivity contribution is 6.09. The molecule has 0 fully saturated rings. The summed E-state index contributed by atoms with van der Waals surface area (Å²) in [5.74, 6) is -5.18. The zero-order chi connectivity index (χ0) is 21.0. The van der Waals surface area contributed by atoms with E-state index in [2.05, 4.69) is 0 Å². The summed E-state index contributed by atoms with van der Waals surface area (Å²) in [6.45, 7) is 0. The Morgan fingerprint density at radius 2 is 1.71 bits per heavy atom. The van der Waals surface area contributed by atoms with Gasteiger partial charge >= 0.3 is 11.9 Å². The first-order valence-corrected chi connectivity index (χ1v) is 7.69. The Labute approximate surface area is 153 Å². The number of carbonyl (C=O) groups is 2. The molecule has 0 saturated carbocycles. The second-order valence-electron chi connectivity index (χ2n) is 6.07. The Morgan fingerprint density at radius 1 is 1.11 bits per heavy atom. The minimum Gasteiger partial charge on any atom is -0.326 e. The van der Waals surface area contributed by atoms with E-state index in [0.717, 1.165) is 26.2 Å². The van der Waals surface area contributed by atoms with E-state index in [9.17, 15) is 36.7 Å². The van der Waals surface area contributed by atoms with E-state index in [1.807, 2.05) is 5.32 Å². The SMILES string of the molecule is Cn1c2c(c(=O)n(C)c1=O)[C@](NC(=O)c1ccccc1F)(C(F)(F)F)C(=O)N2. The Kier molecular flexibility index (Phi) is 4.17. The Morgan fingerprint density at radius 3 is 2.29 bits per heavy atom. The molecule has 0 saturated heterocycles. The Bertz CT molecular complexity index is 1130. The highest BCUT2D eigenvalue weighted by atomic mass is 19.4. The molecular weight excluding hydrogens is 388 g/mol. The lowest BCUT2D eigenvalue weighted by atomic mass is 9.91. The number of anilines is 1. The van der Waals surface area contributed by atoms with Gasteiger partial charge in [0.05, 0.1) is 5.56 Å². The maximum absolute atomic E-state index is 14.1. The first kappa shape index (κ1) is 19.3. The maximum Gasteiger partial charge on any atom is 0.425 e. The smallest absolute Gasteiger partial charge is 0.326 e. The summed E-state index contributed by atoms with van der Waals surface area (Å²) in [6.07, 6.45) is -5.48. The number of amides is 2. The molecule has 1 aromatic carbocycles. The summed E-state index contributed by atoms with van der Waals surface area (Å²) < 4.78 is 57.0. The normalized spacial score (nSPS) is 18.6. The van der Waals surface area contributed by atoms with Gasteiger partial charge in [-0.15, -0.1) is 0 Å². The quantitative estimate of drug-likeness (QED) is 0.711. The molecule has 1 aromatic heterocycles. The van der Waals surface area contributed by atoms with Gasteiger partial charge in [-0.1, -0.05) is 12.1 Å². The molecule has 2 heterocycles. The Balaban J connectivity index is 2.31. The monoisotopic (exact) mass is 400 g/mol. The van der Waals surface area contributed by atoms with Crippen LogP contribution in [0.2, 0.25) is 0 Å². The molecular formula is C16H12F4N4O4. The van der Waals surface area contributed by atoms with Gasteiger partial charge < -0.3 is 10.6 Å². The average Bonchev–Trinajstić information content (AvgIpc) is 2.92. The molecule has 2 aromatic rings. The van der Waals surface area contributed by atoms with Gasteiger partial charge in [0, 0.05) is 14.1 Å². The first-order chi connectivity index (χ1) is 12.9. The molecule has 28 heavy (non-hydrogen) atoms. The number of benzene rings is 1. The van der Waals surface area contributed by atoms with Crippen LogP contribution in [0.15, 0.2) is 33.9 Å². The van der Waals surface area contributed by atoms with Crippen molar-refractivity contribution in [2.75, 3.05) is 5.32 Å². The summed E-state index contributed by atoms with van der Waals surface area (Å²) in [5.41, 5.74) is -8.15. The molecule has 1 aliphatic rings. The topological polar surface area (TPSA) is 102 Å². The van der Waals surface area contributed by atoms with Crippen molar-refractivity contribution in [3.63, 3.8) is 0 Å². The predicted molar refractivity (Wildman–Crippen MR) is 87.2 cm³/mol. The number of carbonyl (C=O) groups excluding carboxylic acids is 2. The molecule has 3 rings (SSSR count). The lowest BCUT2D eigenvalue weighted by Crippen LogP contribution is -2.62. The number of aromatic nitrogens is 2. The van der Waals surface area contributed by atoms with Gasteiger partial charge in [-0.2, -0.15) is 13.2 Å². The lowest BCUT2D eigenvalue weighted by molar-refractivity contribution is -0.196. The average molecular weight is 400 g/mol. The molecule has 0 radical (unpaired) electrons. The molecule has 0 aliphatic carbocycles. The summed E-state index contributed by atoms with van der Waals surface area (Å²) in [7, 11) is 1.97. The van der Waals surface area contributed by atoms with Gasteiger partial charge in [-0.3, -0.25) is 23.5 Å². The van der Waals surface area contributed by atoms with Crippen LogP contribution < -0.4 is 21.9 Å². The Hall–Kier alpha value is -3.44. The van der Waals surface area contributed by atoms with Crippen LogP contribution in [0.5, 0.6) is 0 Å². The molecule has 1 aliphatic heterocycles. The molecule has 2 amide bonds. The molecule has 12 heteroatoms. The van der Waals surface area contributed by atoms with Crippen LogP contribution in [-0.4, -0.2) is 27.1 Å². The van der Waals surface area contributed by atoms with Crippen molar-refractivity contribution in [2.45, 2.75) is 11.7 Å². The van der Waals surface area contributed by atoms with E-state index in [1.165, 1.54) is 17.4 Å². The zero-order valence-corrected chi connectivity index (χ0v) is 14.3. The van der Waals surface area contributed by atoms with E-state index in [1.54, 1.807) is 0 Å². The molecule has 0 bridgehead atoms. The summed E-state index contributed by atoms with van der Waals surface area (Å²) in [4.78, 5) is 49.2. The summed E-state index contributed by atoms with van der Waals surface area (Å²) in [6, 6.07) is 4.19. The van der Waals surface area contributed by atoms with Crippen LogP contribution in [0.3, 0.4) is 0 Å². The van der Waals surface area contributed by atoms with Gasteiger partial charge in [-0.05, 0) is 12.1 Å². The van der Waals surface area contributed by atoms with Gasteiger partial charge in [0.25, 0.3) is 22.9 Å². The third-order valence-corrected chi connectivity index (χ3v) is 4.46. The van der Waals surface area contributed by atoms with Crippen molar-refractivity contribution < 1.29 is 27.2 Å². The van der Waals surface area contributed by atoms with E-state index < -0.39 is 57.5 Å². The molecule has 8 nitrogen and oxygen atoms in total. The lowest BCUT2D eigenvalue weighted by Gasteiger charge is -2.30. The highest BCUT2D eigenvalue weighted by Gasteiger charge is 2.68. The number of nitrogens with one attached hydrogen (secondary N) is 2. The fourth-order valence-corrected chi connectivity index (χ4v) is 2.99. The standard InChI is InChI=1S/C16H12F4N4O4/c1-23-10-9(12(26)24(2)14(23)28)15(13(27)21-10,16(18,19)20)22-11(25)7-5-3-4-6-8(7)17/h3-6H,1-2H3,(H,21,27)(H,22,25)/t15-/m1/s1. The van der Waals surface area contributed by atoms with Gasteiger partial charge in [0.15, 0.2) is 0 Å². The van der Waals surface area contributed by atoms with E-state index >= 15 is 0 Å². The van der Waals surface area contributed by atoms with Gasteiger partial charge in [-0.25, -0.2) is 9.18 Å². The molecule has 0 unspecified atom stereocenters. The van der Waals surface area contributed by atoms with Crippen molar-refractivity contribution >= 4 is 17.6 Å². The fraction of sp³-hybridized carbons (Fsp3) is 0.250. The number of halogens is 4. The van der Waals surface area contributed by atoms with Crippen LogP contribution in [-0.2, 0) is 24.4 Å². The predicted octanol–water partition coefficient (Wildman–Crippen LogP) is 0.363. The number of hydrogen-bond donors (Lipinski definition) is 2. The molecule has 148 valence electrons.